The molecule has 122 valence electrons. The van der Waals surface area contributed by atoms with E-state index in [0.717, 1.165) is 37.1 Å². The molecule has 1 atom stereocenters. The van der Waals surface area contributed by atoms with Crippen molar-refractivity contribution in [2.24, 2.45) is 5.73 Å². The highest BCUT2D eigenvalue weighted by atomic mass is 32.2. The summed E-state index contributed by atoms with van der Waals surface area (Å²) in [5, 5.41) is 0. The zero-order valence-electron chi connectivity index (χ0n) is 11.5. The second kappa shape index (κ2) is 5.88. The van der Waals surface area contributed by atoms with E-state index in [1.165, 1.54) is 4.90 Å². The van der Waals surface area contributed by atoms with Gasteiger partial charge in [-0.3, -0.25) is 4.79 Å². The summed E-state index contributed by atoms with van der Waals surface area (Å²) >= 11 is 0. The second-order valence-corrected chi connectivity index (χ2v) is 7.07. The molecule has 0 saturated carbocycles. The van der Waals surface area contributed by atoms with E-state index in [2.05, 4.69) is 0 Å². The minimum Gasteiger partial charge on any atom is -0.337 e. The van der Waals surface area contributed by atoms with Crippen LogP contribution in [0.2, 0.25) is 0 Å². The predicted molar refractivity (Wildman–Crippen MR) is 72.8 cm³/mol. The van der Waals surface area contributed by atoms with Crippen LogP contribution >= 0.6 is 0 Å². The maximum absolute atomic E-state index is 12.4. The minimum absolute atomic E-state index is 0.123. The summed E-state index contributed by atoms with van der Waals surface area (Å²) in [7, 11) is -5.40. The molecule has 5 nitrogen and oxygen atoms in total. The molecular weight excluding hydrogens is 321 g/mol. The summed E-state index contributed by atoms with van der Waals surface area (Å²) < 4.78 is 59.8. The van der Waals surface area contributed by atoms with E-state index < -0.39 is 20.2 Å². The number of carbonyl (C=O) groups excluding carboxylic acids is 1. The van der Waals surface area contributed by atoms with Gasteiger partial charge in [0.1, 0.15) is 0 Å². The fraction of sp³-hybridized carbons (Fsp3) is 0.462. The van der Waals surface area contributed by atoms with Crippen LogP contribution in [0.1, 0.15) is 23.2 Å². The molecule has 0 aliphatic carbocycles. The van der Waals surface area contributed by atoms with Crippen molar-refractivity contribution in [2.75, 3.05) is 13.1 Å². The van der Waals surface area contributed by atoms with E-state index in [0.29, 0.717) is 13.1 Å². The number of nitrogens with two attached hydrogens (primary N) is 1. The second-order valence-electron chi connectivity index (χ2n) is 5.13. The largest absolute Gasteiger partial charge is 0.501 e. The molecule has 1 saturated heterocycles. The van der Waals surface area contributed by atoms with Crippen LogP contribution < -0.4 is 5.73 Å². The van der Waals surface area contributed by atoms with E-state index in [4.69, 9.17) is 5.73 Å². The van der Waals surface area contributed by atoms with Gasteiger partial charge in [0.05, 0.1) is 4.90 Å². The number of sulfone groups is 1. The average Bonchev–Trinajstić information content (AvgIpc) is 2.45. The number of halogens is 3. The van der Waals surface area contributed by atoms with Crippen molar-refractivity contribution in [3.8, 4) is 0 Å². The Kier molecular flexibility index (Phi) is 4.48. The third kappa shape index (κ3) is 3.25. The van der Waals surface area contributed by atoms with Crippen LogP contribution in [-0.2, 0) is 9.84 Å². The summed E-state index contributed by atoms with van der Waals surface area (Å²) in [6.45, 7) is 0.899. The van der Waals surface area contributed by atoms with Crippen LogP contribution in [0.5, 0.6) is 0 Å². The van der Waals surface area contributed by atoms with Gasteiger partial charge in [-0.2, -0.15) is 13.2 Å². The monoisotopic (exact) mass is 336 g/mol. The molecule has 0 aromatic heterocycles. The van der Waals surface area contributed by atoms with Gasteiger partial charge in [0, 0.05) is 24.7 Å². The minimum atomic E-state index is -5.40. The summed E-state index contributed by atoms with van der Waals surface area (Å²) in [4.78, 5) is 12.8. The van der Waals surface area contributed by atoms with Crippen molar-refractivity contribution in [1.29, 1.82) is 0 Å². The zero-order valence-corrected chi connectivity index (χ0v) is 12.3. The molecule has 2 rings (SSSR count). The topological polar surface area (TPSA) is 80.5 Å². The first-order valence-electron chi connectivity index (χ1n) is 6.59. The molecule has 1 heterocycles. The number of amides is 1. The number of hydrogen-bond acceptors (Lipinski definition) is 4. The van der Waals surface area contributed by atoms with E-state index in [-0.39, 0.29) is 17.5 Å². The first-order valence-corrected chi connectivity index (χ1v) is 8.07. The van der Waals surface area contributed by atoms with Gasteiger partial charge in [-0.15, -0.1) is 0 Å². The third-order valence-corrected chi connectivity index (χ3v) is 4.96. The molecule has 1 aromatic rings. The Labute approximate surface area is 125 Å². The number of carbonyl (C=O) groups is 1. The number of benzene rings is 1. The van der Waals surface area contributed by atoms with Crippen LogP contribution in [-0.4, -0.2) is 43.9 Å². The Morgan fingerprint density at radius 2 is 1.82 bits per heavy atom. The number of hydrogen-bond donors (Lipinski definition) is 1. The normalized spacial score (nSPS) is 20.0. The lowest BCUT2D eigenvalue weighted by atomic mass is 10.1. The fourth-order valence-corrected chi connectivity index (χ4v) is 3.05. The van der Waals surface area contributed by atoms with E-state index in [9.17, 15) is 26.4 Å². The van der Waals surface area contributed by atoms with E-state index in [1.807, 2.05) is 0 Å². The number of likely N-dealkylation sites (tertiary alicyclic amines) is 1. The maximum atomic E-state index is 12.4. The number of piperidine rings is 1. The molecule has 1 aromatic carbocycles. The van der Waals surface area contributed by atoms with Crippen molar-refractivity contribution >= 4 is 15.7 Å². The molecule has 2 N–H and O–H groups in total. The molecule has 0 bridgehead atoms. The quantitative estimate of drug-likeness (QED) is 0.888. The molecule has 0 unspecified atom stereocenters. The van der Waals surface area contributed by atoms with E-state index in [1.54, 1.807) is 0 Å². The lowest BCUT2D eigenvalue weighted by molar-refractivity contribution is -0.0436. The summed E-state index contributed by atoms with van der Waals surface area (Å²) in [5.74, 6) is -0.369. The summed E-state index contributed by atoms with van der Waals surface area (Å²) in [5.41, 5.74) is 0.543. The average molecular weight is 336 g/mol. The van der Waals surface area contributed by atoms with Crippen molar-refractivity contribution in [1.82, 2.24) is 4.90 Å². The summed E-state index contributed by atoms with van der Waals surface area (Å²) in [6, 6.07) is 3.63. The van der Waals surface area contributed by atoms with Crippen LogP contribution in [0, 0.1) is 0 Å². The molecule has 1 aliphatic heterocycles. The Morgan fingerprint density at radius 3 is 2.32 bits per heavy atom. The number of rotatable bonds is 2. The molecule has 0 radical (unpaired) electrons. The molecular formula is C13H15F3N2O3S. The number of nitrogens with zero attached hydrogens (tertiary/aromatic N) is 1. The van der Waals surface area contributed by atoms with Gasteiger partial charge >= 0.3 is 5.51 Å². The van der Waals surface area contributed by atoms with Crippen molar-refractivity contribution < 1.29 is 26.4 Å². The zero-order chi connectivity index (χ0) is 16.5. The van der Waals surface area contributed by atoms with Crippen LogP contribution in [0.15, 0.2) is 29.2 Å². The van der Waals surface area contributed by atoms with Crippen LogP contribution in [0.4, 0.5) is 13.2 Å². The molecule has 22 heavy (non-hydrogen) atoms. The highest BCUT2D eigenvalue weighted by Crippen LogP contribution is 2.30. The molecule has 0 spiro atoms. The lowest BCUT2D eigenvalue weighted by Crippen LogP contribution is -2.45. The number of alkyl halides is 3. The molecule has 1 fully saturated rings. The maximum Gasteiger partial charge on any atom is 0.501 e. The van der Waals surface area contributed by atoms with Crippen LogP contribution in [0.3, 0.4) is 0 Å². The smallest absolute Gasteiger partial charge is 0.337 e. The lowest BCUT2D eigenvalue weighted by Gasteiger charge is -2.30. The Morgan fingerprint density at radius 1 is 1.23 bits per heavy atom. The third-order valence-electron chi connectivity index (χ3n) is 3.46. The van der Waals surface area contributed by atoms with Gasteiger partial charge in [-0.1, -0.05) is 0 Å². The molecule has 1 aliphatic rings. The SMILES string of the molecule is N[C@H]1CCCN(C(=O)c2ccc(S(=O)(=O)C(F)(F)F)cc2)C1. The van der Waals surface area contributed by atoms with E-state index >= 15 is 0 Å². The van der Waals surface area contributed by atoms with Gasteiger partial charge in [0.2, 0.25) is 0 Å². The first-order chi connectivity index (χ1) is 10.1. The fourth-order valence-electron chi connectivity index (χ4n) is 2.29. The standard InChI is InChI=1S/C13H15F3N2O3S/c14-13(15,16)22(20,21)11-5-3-9(4-6-11)12(19)18-7-1-2-10(17)8-18/h3-6,10H,1-2,7-8,17H2/t10-/m0/s1. The Bertz CT molecular complexity index is 656. The highest BCUT2D eigenvalue weighted by molar-refractivity contribution is 7.92. The van der Waals surface area contributed by atoms with Crippen molar-refractivity contribution in [2.45, 2.75) is 29.3 Å². The van der Waals surface area contributed by atoms with Gasteiger partial charge in [0.15, 0.2) is 0 Å². The van der Waals surface area contributed by atoms with Gasteiger partial charge < -0.3 is 10.6 Å². The van der Waals surface area contributed by atoms with Gasteiger partial charge in [-0.25, -0.2) is 8.42 Å². The van der Waals surface area contributed by atoms with Crippen molar-refractivity contribution in [3.05, 3.63) is 29.8 Å². The molecule has 9 heteroatoms. The highest BCUT2D eigenvalue weighted by Gasteiger charge is 2.46. The Hall–Kier alpha value is -1.61. The predicted octanol–water partition coefficient (Wildman–Crippen LogP) is 1.54. The summed E-state index contributed by atoms with van der Waals surface area (Å²) in [6.07, 6.45) is 1.57. The molecule has 1 amide bonds. The van der Waals surface area contributed by atoms with Gasteiger partial charge in [0.25, 0.3) is 15.7 Å². The van der Waals surface area contributed by atoms with Crippen LogP contribution in [0.25, 0.3) is 0 Å². The van der Waals surface area contributed by atoms with Gasteiger partial charge in [-0.05, 0) is 37.1 Å². The Balaban J connectivity index is 2.21. The van der Waals surface area contributed by atoms with Crippen molar-refractivity contribution in [3.63, 3.8) is 0 Å². The first kappa shape index (κ1) is 16.8.